The second-order valence-corrected chi connectivity index (χ2v) is 2.61. The van der Waals surface area contributed by atoms with Crippen LogP contribution >= 0.6 is 0 Å². The number of Topliss-reactive ketones (excluding diaryl/α,β-unsaturated/α-hetero) is 1. The van der Waals surface area contributed by atoms with Crippen molar-refractivity contribution in [3.05, 3.63) is 34.2 Å². The van der Waals surface area contributed by atoms with E-state index in [0.29, 0.717) is 12.0 Å². The monoisotopic (exact) mass is 165 g/mol. The van der Waals surface area contributed by atoms with Crippen LogP contribution in [0.2, 0.25) is 0 Å². The molecule has 0 saturated carbocycles. The molecule has 1 heterocycles. The number of rotatable bonds is 3. The Morgan fingerprint density at radius 1 is 1.50 bits per heavy atom. The van der Waals surface area contributed by atoms with E-state index in [-0.39, 0.29) is 11.3 Å². The number of carbonyl (C=O) groups is 1. The Kier molecular flexibility index (Phi) is 2.80. The Labute approximate surface area is 70.4 Å². The van der Waals surface area contributed by atoms with E-state index in [4.69, 9.17) is 0 Å². The van der Waals surface area contributed by atoms with Crippen molar-refractivity contribution in [2.24, 2.45) is 0 Å². The number of aromatic amines is 1. The van der Waals surface area contributed by atoms with E-state index in [1.165, 1.54) is 12.3 Å². The molecule has 0 fully saturated rings. The van der Waals surface area contributed by atoms with Gasteiger partial charge in [0.15, 0.2) is 5.78 Å². The first-order valence-corrected chi connectivity index (χ1v) is 3.96. The summed E-state index contributed by atoms with van der Waals surface area (Å²) in [5.74, 6) is 0.0775. The van der Waals surface area contributed by atoms with E-state index in [9.17, 15) is 9.59 Å². The van der Waals surface area contributed by atoms with Crippen LogP contribution in [0.3, 0.4) is 0 Å². The molecular formula is C9H11NO2. The first kappa shape index (κ1) is 8.71. The number of H-pyrrole nitrogens is 1. The van der Waals surface area contributed by atoms with Gasteiger partial charge in [-0.2, -0.15) is 0 Å². The highest BCUT2D eigenvalue weighted by Gasteiger charge is 2.02. The van der Waals surface area contributed by atoms with Crippen LogP contribution in [0.25, 0.3) is 0 Å². The van der Waals surface area contributed by atoms with Gasteiger partial charge in [-0.25, -0.2) is 0 Å². The fraction of sp³-hybridized carbons (Fsp3) is 0.333. The second kappa shape index (κ2) is 3.85. The highest BCUT2D eigenvalue weighted by atomic mass is 16.1. The molecule has 0 bridgehead atoms. The summed E-state index contributed by atoms with van der Waals surface area (Å²) in [5.41, 5.74) is 0.402. The molecule has 1 N–H and O–H groups in total. The topological polar surface area (TPSA) is 49.9 Å². The van der Waals surface area contributed by atoms with Crippen molar-refractivity contribution < 1.29 is 4.79 Å². The average Bonchev–Trinajstić information content (AvgIpc) is 2.06. The van der Waals surface area contributed by atoms with E-state index in [1.54, 1.807) is 6.07 Å². The van der Waals surface area contributed by atoms with Crippen LogP contribution in [0, 0.1) is 0 Å². The number of pyridine rings is 1. The number of aromatic nitrogens is 1. The minimum Gasteiger partial charge on any atom is -0.328 e. The first-order chi connectivity index (χ1) is 5.74. The molecule has 0 aliphatic carbocycles. The molecule has 3 heteroatoms. The maximum absolute atomic E-state index is 11.2. The highest BCUT2D eigenvalue weighted by molar-refractivity contribution is 5.95. The third-order valence-corrected chi connectivity index (χ3v) is 1.58. The average molecular weight is 165 g/mol. The molecule has 0 unspecified atom stereocenters. The Balaban J connectivity index is 2.82. The molecule has 0 spiro atoms. The largest absolute Gasteiger partial charge is 0.328 e. The normalized spacial score (nSPS) is 9.75. The maximum atomic E-state index is 11.2. The van der Waals surface area contributed by atoms with Gasteiger partial charge in [-0.15, -0.1) is 0 Å². The summed E-state index contributed by atoms with van der Waals surface area (Å²) in [6, 6.07) is 2.92. The van der Waals surface area contributed by atoms with Gasteiger partial charge in [0.25, 0.3) is 0 Å². The van der Waals surface area contributed by atoms with Gasteiger partial charge in [0.1, 0.15) is 0 Å². The fourth-order valence-electron chi connectivity index (χ4n) is 0.955. The summed E-state index contributed by atoms with van der Waals surface area (Å²) in [6.45, 7) is 1.95. The zero-order valence-corrected chi connectivity index (χ0v) is 6.96. The lowest BCUT2D eigenvalue weighted by Crippen LogP contribution is -2.06. The van der Waals surface area contributed by atoms with Gasteiger partial charge in [0.2, 0.25) is 5.56 Å². The lowest BCUT2D eigenvalue weighted by molar-refractivity contribution is 0.0981. The molecule has 3 nitrogen and oxygen atoms in total. The van der Waals surface area contributed by atoms with Crippen LogP contribution in [0.4, 0.5) is 0 Å². The van der Waals surface area contributed by atoms with Gasteiger partial charge >= 0.3 is 0 Å². The van der Waals surface area contributed by atoms with Crippen molar-refractivity contribution in [3.63, 3.8) is 0 Å². The minimum absolute atomic E-state index is 0.0775. The third-order valence-electron chi connectivity index (χ3n) is 1.58. The lowest BCUT2D eigenvalue weighted by Gasteiger charge is -1.96. The van der Waals surface area contributed by atoms with Crippen LogP contribution in [-0.4, -0.2) is 10.8 Å². The molecule has 12 heavy (non-hydrogen) atoms. The van der Waals surface area contributed by atoms with Crippen LogP contribution in [-0.2, 0) is 0 Å². The highest BCUT2D eigenvalue weighted by Crippen LogP contribution is 2.00. The predicted molar refractivity (Wildman–Crippen MR) is 46.3 cm³/mol. The summed E-state index contributed by atoms with van der Waals surface area (Å²) in [4.78, 5) is 24.3. The summed E-state index contributed by atoms with van der Waals surface area (Å²) in [7, 11) is 0. The molecular weight excluding hydrogens is 154 g/mol. The third kappa shape index (κ3) is 2.05. The Morgan fingerprint density at radius 3 is 2.75 bits per heavy atom. The van der Waals surface area contributed by atoms with E-state index in [2.05, 4.69) is 4.98 Å². The van der Waals surface area contributed by atoms with Gasteiger partial charge in [0, 0.05) is 24.2 Å². The van der Waals surface area contributed by atoms with Gasteiger partial charge in [0.05, 0.1) is 0 Å². The van der Waals surface area contributed by atoms with Gasteiger partial charge < -0.3 is 4.98 Å². The van der Waals surface area contributed by atoms with E-state index in [0.717, 1.165) is 6.42 Å². The van der Waals surface area contributed by atoms with Gasteiger partial charge in [-0.05, 0) is 12.5 Å². The van der Waals surface area contributed by atoms with E-state index < -0.39 is 0 Å². The standard InChI is InChI=1S/C9H11NO2/c1-2-3-8(11)7-4-5-9(12)10-6-7/h4-6H,2-3H2,1H3,(H,10,12). The zero-order chi connectivity index (χ0) is 8.97. The summed E-state index contributed by atoms with van der Waals surface area (Å²) >= 11 is 0. The second-order valence-electron chi connectivity index (χ2n) is 2.61. The Hall–Kier alpha value is -1.38. The number of nitrogens with one attached hydrogen (secondary N) is 1. The Morgan fingerprint density at radius 2 is 2.25 bits per heavy atom. The van der Waals surface area contributed by atoms with E-state index >= 15 is 0 Å². The van der Waals surface area contributed by atoms with Crippen LogP contribution in [0.1, 0.15) is 30.1 Å². The van der Waals surface area contributed by atoms with Crippen molar-refractivity contribution in [2.45, 2.75) is 19.8 Å². The predicted octanol–water partition coefficient (Wildman–Crippen LogP) is 1.36. The van der Waals surface area contributed by atoms with Gasteiger partial charge in [-0.1, -0.05) is 6.92 Å². The first-order valence-electron chi connectivity index (χ1n) is 3.96. The molecule has 0 saturated heterocycles. The molecule has 0 atom stereocenters. The van der Waals surface area contributed by atoms with Crippen LogP contribution in [0.5, 0.6) is 0 Å². The molecule has 0 aliphatic rings. The van der Waals surface area contributed by atoms with Crippen molar-refractivity contribution in [1.29, 1.82) is 0 Å². The number of carbonyl (C=O) groups excluding carboxylic acids is 1. The SMILES string of the molecule is CCCC(=O)c1ccc(=O)[nH]c1. The number of ketones is 1. The quantitative estimate of drug-likeness (QED) is 0.687. The molecule has 0 aliphatic heterocycles. The summed E-state index contributed by atoms with van der Waals surface area (Å²) in [5, 5.41) is 0. The molecule has 0 aromatic carbocycles. The molecule has 1 aromatic heterocycles. The zero-order valence-electron chi connectivity index (χ0n) is 6.96. The van der Waals surface area contributed by atoms with Crippen LogP contribution in [0.15, 0.2) is 23.1 Å². The number of hydrogen-bond donors (Lipinski definition) is 1. The summed E-state index contributed by atoms with van der Waals surface area (Å²) in [6.07, 6.45) is 2.82. The smallest absolute Gasteiger partial charge is 0.247 e. The molecule has 1 rings (SSSR count). The minimum atomic E-state index is -0.178. The van der Waals surface area contributed by atoms with Gasteiger partial charge in [-0.3, -0.25) is 9.59 Å². The van der Waals surface area contributed by atoms with Crippen molar-refractivity contribution in [3.8, 4) is 0 Å². The Bertz CT molecular complexity index is 307. The van der Waals surface area contributed by atoms with E-state index in [1.807, 2.05) is 6.92 Å². The van der Waals surface area contributed by atoms with Crippen molar-refractivity contribution >= 4 is 5.78 Å². The molecule has 64 valence electrons. The maximum Gasteiger partial charge on any atom is 0.247 e. The molecule has 1 aromatic rings. The molecule has 0 amide bonds. The van der Waals surface area contributed by atoms with Crippen molar-refractivity contribution in [2.75, 3.05) is 0 Å². The summed E-state index contributed by atoms with van der Waals surface area (Å²) < 4.78 is 0. The molecule has 0 radical (unpaired) electrons. The fourth-order valence-corrected chi connectivity index (χ4v) is 0.955. The lowest BCUT2D eigenvalue weighted by atomic mass is 10.1. The van der Waals surface area contributed by atoms with Crippen molar-refractivity contribution in [1.82, 2.24) is 4.98 Å². The number of hydrogen-bond acceptors (Lipinski definition) is 2. The van der Waals surface area contributed by atoms with Crippen LogP contribution < -0.4 is 5.56 Å².